The van der Waals surface area contributed by atoms with Gasteiger partial charge in [-0.05, 0) is 0 Å². The van der Waals surface area contributed by atoms with Gasteiger partial charge in [-0.2, -0.15) is 13.2 Å². The topological polar surface area (TPSA) is 55.5 Å². The molecule has 1 saturated heterocycles. The average Bonchev–Trinajstić information content (AvgIpc) is 1.79. The molecule has 0 aliphatic carbocycles. The summed E-state index contributed by atoms with van der Waals surface area (Å²) in [5.74, 6) is 0. The summed E-state index contributed by atoms with van der Waals surface area (Å²) >= 11 is 0. The highest BCUT2D eigenvalue weighted by Crippen LogP contribution is 2.30. The Morgan fingerprint density at radius 3 is 2.00 bits per heavy atom. The Kier molecular flexibility index (Phi) is 1.85. The van der Waals surface area contributed by atoms with Gasteiger partial charge in [0.05, 0.1) is 18.8 Å². The summed E-state index contributed by atoms with van der Waals surface area (Å²) in [6.07, 6.45) is -7.14. The van der Waals surface area contributed by atoms with E-state index in [0.29, 0.717) is 0 Å². The first-order chi connectivity index (χ1) is 4.86. The molecule has 0 saturated carbocycles. The first-order valence-corrected chi connectivity index (χ1v) is 2.98. The molecule has 0 aromatic carbocycles. The highest BCUT2D eigenvalue weighted by molar-refractivity contribution is 5.00. The molecule has 1 aliphatic rings. The molecule has 0 amide bonds. The van der Waals surface area contributed by atoms with E-state index in [9.17, 15) is 13.2 Å². The zero-order valence-electron chi connectivity index (χ0n) is 5.56. The summed E-state index contributed by atoms with van der Waals surface area (Å²) in [7, 11) is 0. The summed E-state index contributed by atoms with van der Waals surface area (Å²) < 4.78 is 39.8. The number of nitrogens with two attached hydrogens (primary N) is 1. The quantitative estimate of drug-likeness (QED) is 0.566. The molecule has 3 N–H and O–H groups in total. The second-order valence-electron chi connectivity index (χ2n) is 2.67. The van der Waals surface area contributed by atoms with Crippen molar-refractivity contribution in [2.24, 2.45) is 5.73 Å². The highest BCUT2D eigenvalue weighted by Gasteiger charge is 2.54. The number of halogens is 3. The normalized spacial score (nSPS) is 25.9. The van der Waals surface area contributed by atoms with Crippen molar-refractivity contribution in [2.45, 2.75) is 17.8 Å². The maximum absolute atomic E-state index is 11.8. The van der Waals surface area contributed by atoms with Gasteiger partial charge in [0.2, 0.25) is 0 Å². The Balaban J connectivity index is 2.60. The van der Waals surface area contributed by atoms with Gasteiger partial charge in [-0.1, -0.05) is 0 Å². The van der Waals surface area contributed by atoms with Crippen LogP contribution in [0.1, 0.15) is 0 Å². The van der Waals surface area contributed by atoms with Gasteiger partial charge in [0.15, 0.2) is 6.10 Å². The van der Waals surface area contributed by atoms with Crippen molar-refractivity contribution in [3.8, 4) is 0 Å². The minimum Gasteiger partial charge on any atom is -0.382 e. The molecule has 1 rings (SSSR count). The third-order valence-corrected chi connectivity index (χ3v) is 1.60. The van der Waals surface area contributed by atoms with Gasteiger partial charge in [-0.15, -0.1) is 0 Å². The Hall–Kier alpha value is -0.330. The van der Waals surface area contributed by atoms with Gasteiger partial charge in [0.1, 0.15) is 0 Å². The Morgan fingerprint density at radius 1 is 1.45 bits per heavy atom. The third-order valence-electron chi connectivity index (χ3n) is 1.60. The fourth-order valence-corrected chi connectivity index (χ4v) is 0.822. The molecular formula is C5H8F3NO2. The van der Waals surface area contributed by atoms with Crippen molar-refractivity contribution in [1.29, 1.82) is 0 Å². The molecule has 0 bridgehead atoms. The van der Waals surface area contributed by atoms with Crippen molar-refractivity contribution in [3.63, 3.8) is 0 Å². The van der Waals surface area contributed by atoms with E-state index in [4.69, 9.17) is 10.8 Å². The molecule has 0 aromatic rings. The van der Waals surface area contributed by atoms with Crippen molar-refractivity contribution in [2.75, 3.05) is 13.2 Å². The van der Waals surface area contributed by atoms with Gasteiger partial charge in [-0.25, -0.2) is 0 Å². The fourth-order valence-electron chi connectivity index (χ4n) is 0.822. The minimum atomic E-state index is -4.65. The Bertz CT molecular complexity index is 154. The van der Waals surface area contributed by atoms with Crippen molar-refractivity contribution in [1.82, 2.24) is 0 Å². The predicted molar refractivity (Wildman–Crippen MR) is 29.8 cm³/mol. The lowest BCUT2D eigenvalue weighted by Gasteiger charge is -2.41. The van der Waals surface area contributed by atoms with E-state index in [0.717, 1.165) is 0 Å². The van der Waals surface area contributed by atoms with E-state index in [1.54, 1.807) is 0 Å². The van der Waals surface area contributed by atoms with E-state index in [2.05, 4.69) is 4.74 Å². The standard InChI is InChI=1S/C5H8F3NO2/c6-5(7,8)3(10)4(9)1-11-2-4/h3,10H,1-2,9H2. The maximum Gasteiger partial charge on any atom is 0.416 e. The van der Waals surface area contributed by atoms with Gasteiger partial charge in [0.25, 0.3) is 0 Å². The van der Waals surface area contributed by atoms with Crippen LogP contribution in [0.3, 0.4) is 0 Å². The molecule has 1 aliphatic heterocycles. The number of alkyl halides is 3. The van der Waals surface area contributed by atoms with Crippen LogP contribution < -0.4 is 5.73 Å². The molecule has 11 heavy (non-hydrogen) atoms. The smallest absolute Gasteiger partial charge is 0.382 e. The number of aliphatic hydroxyl groups is 1. The van der Waals surface area contributed by atoms with Crippen LogP contribution in [0.15, 0.2) is 0 Å². The third kappa shape index (κ3) is 1.47. The molecule has 6 heteroatoms. The van der Waals surface area contributed by atoms with Crippen molar-refractivity contribution >= 4 is 0 Å². The molecule has 1 fully saturated rings. The van der Waals surface area contributed by atoms with Gasteiger partial charge < -0.3 is 15.6 Å². The summed E-state index contributed by atoms with van der Waals surface area (Å²) in [6, 6.07) is 0. The van der Waals surface area contributed by atoms with Crippen LogP contribution in [0, 0.1) is 0 Å². The van der Waals surface area contributed by atoms with E-state index in [1.807, 2.05) is 0 Å². The largest absolute Gasteiger partial charge is 0.416 e. The van der Waals surface area contributed by atoms with Gasteiger partial charge >= 0.3 is 6.18 Å². The zero-order chi connectivity index (χ0) is 8.70. The van der Waals surface area contributed by atoms with E-state index < -0.39 is 17.8 Å². The second kappa shape index (κ2) is 2.33. The SMILES string of the molecule is NC1(C(O)C(F)(F)F)COC1. The van der Waals surface area contributed by atoms with Crippen molar-refractivity contribution < 1.29 is 23.0 Å². The van der Waals surface area contributed by atoms with Crippen LogP contribution in [0.4, 0.5) is 13.2 Å². The van der Waals surface area contributed by atoms with Crippen molar-refractivity contribution in [3.05, 3.63) is 0 Å². The van der Waals surface area contributed by atoms with Crippen LogP contribution in [0.5, 0.6) is 0 Å². The first-order valence-electron chi connectivity index (χ1n) is 2.98. The molecule has 66 valence electrons. The lowest BCUT2D eigenvalue weighted by Crippen LogP contribution is -2.68. The Labute approximate surface area is 60.9 Å². The molecule has 0 spiro atoms. The summed E-state index contributed by atoms with van der Waals surface area (Å²) in [4.78, 5) is 0. The van der Waals surface area contributed by atoms with E-state index in [-0.39, 0.29) is 13.2 Å². The average molecular weight is 171 g/mol. The molecule has 0 radical (unpaired) electrons. The Morgan fingerprint density at radius 2 is 1.91 bits per heavy atom. The van der Waals surface area contributed by atoms with Crippen LogP contribution >= 0.6 is 0 Å². The van der Waals surface area contributed by atoms with Crippen LogP contribution in [-0.4, -0.2) is 36.1 Å². The number of hydrogen-bond donors (Lipinski definition) is 2. The summed E-state index contributed by atoms with van der Waals surface area (Å²) in [5.41, 5.74) is 3.51. The van der Waals surface area contributed by atoms with Crippen LogP contribution in [0.2, 0.25) is 0 Å². The molecule has 0 aromatic heterocycles. The second-order valence-corrected chi connectivity index (χ2v) is 2.67. The van der Waals surface area contributed by atoms with Gasteiger partial charge in [0, 0.05) is 0 Å². The highest BCUT2D eigenvalue weighted by atomic mass is 19.4. The summed E-state index contributed by atoms with van der Waals surface area (Å²) in [6.45, 7) is -0.485. The lowest BCUT2D eigenvalue weighted by atomic mass is 9.91. The van der Waals surface area contributed by atoms with Crippen LogP contribution in [-0.2, 0) is 4.74 Å². The molecule has 1 unspecified atom stereocenters. The lowest BCUT2D eigenvalue weighted by molar-refractivity contribution is -0.254. The zero-order valence-corrected chi connectivity index (χ0v) is 5.56. The fraction of sp³-hybridized carbons (Fsp3) is 1.00. The maximum atomic E-state index is 11.8. The minimum absolute atomic E-state index is 0.242. The molecular weight excluding hydrogens is 163 g/mol. The number of hydrogen-bond acceptors (Lipinski definition) is 3. The molecule has 1 heterocycles. The monoisotopic (exact) mass is 171 g/mol. The molecule has 1 atom stereocenters. The van der Waals surface area contributed by atoms with Crippen LogP contribution in [0.25, 0.3) is 0 Å². The first kappa shape index (κ1) is 8.76. The number of aliphatic hydroxyl groups excluding tert-OH is 1. The van der Waals surface area contributed by atoms with E-state index in [1.165, 1.54) is 0 Å². The number of ether oxygens (including phenoxy) is 1. The summed E-state index contributed by atoms with van der Waals surface area (Å²) in [5, 5.41) is 8.63. The van der Waals surface area contributed by atoms with E-state index >= 15 is 0 Å². The number of rotatable bonds is 1. The molecule has 3 nitrogen and oxygen atoms in total. The predicted octanol–water partition coefficient (Wildman–Crippen LogP) is -0.363. The van der Waals surface area contributed by atoms with Gasteiger partial charge in [-0.3, -0.25) is 0 Å².